The molecule has 0 aliphatic carbocycles. The number of non-ortho nitro benzene ring substituents is 1. The lowest BCUT2D eigenvalue weighted by molar-refractivity contribution is -0.384. The predicted molar refractivity (Wildman–Crippen MR) is 90.1 cm³/mol. The first-order chi connectivity index (χ1) is 11.4. The molecule has 1 aromatic carbocycles. The molecule has 8 nitrogen and oxygen atoms in total. The number of anilines is 1. The van der Waals surface area contributed by atoms with Gasteiger partial charge in [0.05, 0.1) is 23.8 Å². The largest absolute Gasteiger partial charge is 0.494 e. The molecular formula is C16H23N3O5. The first kappa shape index (κ1) is 19.4. The van der Waals surface area contributed by atoms with Gasteiger partial charge in [0, 0.05) is 19.2 Å². The number of hydrogen-bond acceptors (Lipinski definition) is 5. The highest BCUT2D eigenvalue weighted by Gasteiger charge is 2.22. The number of carbonyl (C=O) groups is 2. The van der Waals surface area contributed by atoms with Crippen LogP contribution in [0.15, 0.2) is 18.2 Å². The van der Waals surface area contributed by atoms with Gasteiger partial charge in [0.25, 0.3) is 5.69 Å². The van der Waals surface area contributed by atoms with Crippen LogP contribution in [-0.4, -0.2) is 41.8 Å². The maximum Gasteiger partial charge on any atom is 0.314 e. The topological polar surface area (TPSA) is 102 Å². The standard InChI is InChI=1S/C16H23N3O5/c1-4-6-10-18(9-5-2)16(21)15(20)17-13-8-7-12(19(22)23)11-14(13)24-3/h7-8,11H,4-6,9-10H2,1-3H3,(H,17,20). The van der Waals surface area contributed by atoms with Gasteiger partial charge in [0.2, 0.25) is 0 Å². The Hall–Kier alpha value is -2.64. The quantitative estimate of drug-likeness (QED) is 0.446. The Morgan fingerprint density at radius 2 is 1.96 bits per heavy atom. The highest BCUT2D eigenvalue weighted by molar-refractivity contribution is 6.39. The molecule has 0 heterocycles. The minimum atomic E-state index is -0.785. The lowest BCUT2D eigenvalue weighted by Crippen LogP contribution is -2.40. The van der Waals surface area contributed by atoms with Gasteiger partial charge < -0.3 is 15.0 Å². The summed E-state index contributed by atoms with van der Waals surface area (Å²) in [5.74, 6) is -1.28. The van der Waals surface area contributed by atoms with E-state index in [1.54, 1.807) is 0 Å². The zero-order valence-corrected chi connectivity index (χ0v) is 14.2. The van der Waals surface area contributed by atoms with Crippen LogP contribution in [0.3, 0.4) is 0 Å². The van der Waals surface area contributed by atoms with Gasteiger partial charge in [-0.25, -0.2) is 0 Å². The number of carbonyl (C=O) groups excluding carboxylic acids is 2. The second kappa shape index (κ2) is 9.49. The Labute approximate surface area is 140 Å². The lowest BCUT2D eigenvalue weighted by atomic mass is 10.2. The fraction of sp³-hybridized carbons (Fsp3) is 0.500. The summed E-state index contributed by atoms with van der Waals surface area (Å²) in [6.45, 7) is 4.97. The van der Waals surface area contributed by atoms with Crippen LogP contribution in [0, 0.1) is 10.1 Å². The molecule has 0 fully saturated rings. The first-order valence-corrected chi connectivity index (χ1v) is 7.87. The molecule has 1 aromatic rings. The van der Waals surface area contributed by atoms with E-state index in [1.165, 1.54) is 30.2 Å². The number of ether oxygens (including phenoxy) is 1. The zero-order valence-electron chi connectivity index (χ0n) is 14.2. The number of nitrogens with one attached hydrogen (secondary N) is 1. The Balaban J connectivity index is 2.88. The second-order valence-corrected chi connectivity index (χ2v) is 5.24. The fourth-order valence-electron chi connectivity index (χ4n) is 2.15. The number of methoxy groups -OCH3 is 1. The van der Waals surface area contributed by atoms with Crippen LogP contribution >= 0.6 is 0 Å². The third-order valence-corrected chi connectivity index (χ3v) is 3.40. The van der Waals surface area contributed by atoms with E-state index in [2.05, 4.69) is 5.32 Å². The van der Waals surface area contributed by atoms with E-state index in [0.717, 1.165) is 19.3 Å². The SMILES string of the molecule is CCCCN(CCC)C(=O)C(=O)Nc1ccc([N+](=O)[O-])cc1OC. The molecule has 24 heavy (non-hydrogen) atoms. The Morgan fingerprint density at radius 3 is 2.50 bits per heavy atom. The number of amides is 2. The number of hydrogen-bond donors (Lipinski definition) is 1. The highest BCUT2D eigenvalue weighted by Crippen LogP contribution is 2.28. The van der Waals surface area contributed by atoms with Gasteiger partial charge in [-0.05, 0) is 18.9 Å². The molecule has 0 aliphatic heterocycles. The maximum absolute atomic E-state index is 12.3. The number of benzene rings is 1. The number of unbranched alkanes of at least 4 members (excludes halogenated alkanes) is 1. The van der Waals surface area contributed by atoms with Gasteiger partial charge in [-0.1, -0.05) is 20.3 Å². The molecule has 0 radical (unpaired) electrons. The average molecular weight is 337 g/mol. The van der Waals surface area contributed by atoms with Crippen molar-refractivity contribution in [1.29, 1.82) is 0 Å². The first-order valence-electron chi connectivity index (χ1n) is 7.87. The molecule has 0 aromatic heterocycles. The predicted octanol–water partition coefficient (Wildman–Crippen LogP) is 2.58. The highest BCUT2D eigenvalue weighted by atomic mass is 16.6. The number of nitrogens with zero attached hydrogens (tertiary/aromatic N) is 2. The molecule has 0 atom stereocenters. The van der Waals surface area contributed by atoms with Gasteiger partial charge in [-0.3, -0.25) is 19.7 Å². The van der Waals surface area contributed by atoms with Crippen molar-refractivity contribution in [3.8, 4) is 5.75 Å². The molecule has 132 valence electrons. The summed E-state index contributed by atoms with van der Waals surface area (Å²) < 4.78 is 5.05. The minimum absolute atomic E-state index is 0.126. The lowest BCUT2D eigenvalue weighted by Gasteiger charge is -2.21. The molecule has 0 saturated carbocycles. The zero-order chi connectivity index (χ0) is 18.1. The molecule has 1 rings (SSSR count). The minimum Gasteiger partial charge on any atom is -0.494 e. The molecular weight excluding hydrogens is 314 g/mol. The van der Waals surface area contributed by atoms with Gasteiger partial charge in [0.15, 0.2) is 0 Å². The van der Waals surface area contributed by atoms with E-state index in [9.17, 15) is 19.7 Å². The van der Waals surface area contributed by atoms with E-state index in [-0.39, 0.29) is 17.1 Å². The van der Waals surface area contributed by atoms with Crippen molar-refractivity contribution < 1.29 is 19.2 Å². The van der Waals surface area contributed by atoms with Gasteiger partial charge in [-0.2, -0.15) is 0 Å². The second-order valence-electron chi connectivity index (χ2n) is 5.24. The van der Waals surface area contributed by atoms with Gasteiger partial charge >= 0.3 is 11.8 Å². The summed E-state index contributed by atoms with van der Waals surface area (Å²) in [6, 6.07) is 3.78. The smallest absolute Gasteiger partial charge is 0.314 e. The summed E-state index contributed by atoms with van der Waals surface area (Å²) in [6.07, 6.45) is 2.49. The number of rotatable bonds is 8. The molecule has 1 N–H and O–H groups in total. The Morgan fingerprint density at radius 1 is 1.25 bits per heavy atom. The van der Waals surface area contributed by atoms with Crippen LogP contribution in [0.25, 0.3) is 0 Å². The third kappa shape index (κ3) is 5.22. The summed E-state index contributed by atoms with van der Waals surface area (Å²) in [4.78, 5) is 36.2. The Bertz CT molecular complexity index is 603. The third-order valence-electron chi connectivity index (χ3n) is 3.40. The van der Waals surface area contributed by atoms with E-state index in [1.807, 2.05) is 13.8 Å². The van der Waals surface area contributed by atoms with Crippen molar-refractivity contribution >= 4 is 23.2 Å². The molecule has 8 heteroatoms. The summed E-state index contributed by atoms with van der Waals surface area (Å²) in [5, 5.41) is 13.2. The van der Waals surface area contributed by atoms with Crippen LogP contribution in [0.4, 0.5) is 11.4 Å². The summed E-state index contributed by atoms with van der Waals surface area (Å²) in [5.41, 5.74) is 0.0557. The molecule has 2 amide bonds. The average Bonchev–Trinajstić information content (AvgIpc) is 2.57. The van der Waals surface area contributed by atoms with Crippen LogP contribution in [-0.2, 0) is 9.59 Å². The maximum atomic E-state index is 12.3. The van der Waals surface area contributed by atoms with Crippen molar-refractivity contribution in [1.82, 2.24) is 4.90 Å². The van der Waals surface area contributed by atoms with Gasteiger partial charge in [0.1, 0.15) is 5.75 Å². The normalized spacial score (nSPS) is 10.1. The number of nitro groups is 1. The van der Waals surface area contributed by atoms with E-state index >= 15 is 0 Å². The molecule has 0 spiro atoms. The Kier molecular flexibility index (Phi) is 7.67. The summed E-state index contributed by atoms with van der Waals surface area (Å²) >= 11 is 0. The summed E-state index contributed by atoms with van der Waals surface area (Å²) in [7, 11) is 1.33. The van der Waals surface area contributed by atoms with Crippen LogP contribution < -0.4 is 10.1 Å². The fourth-order valence-corrected chi connectivity index (χ4v) is 2.15. The van der Waals surface area contributed by atoms with Crippen molar-refractivity contribution in [3.63, 3.8) is 0 Å². The van der Waals surface area contributed by atoms with Crippen molar-refractivity contribution in [2.24, 2.45) is 0 Å². The molecule has 0 saturated heterocycles. The monoisotopic (exact) mass is 337 g/mol. The van der Waals surface area contributed by atoms with Crippen LogP contribution in [0.5, 0.6) is 5.75 Å². The van der Waals surface area contributed by atoms with Gasteiger partial charge in [-0.15, -0.1) is 0 Å². The van der Waals surface area contributed by atoms with E-state index < -0.39 is 16.7 Å². The van der Waals surface area contributed by atoms with Crippen molar-refractivity contribution in [2.45, 2.75) is 33.1 Å². The molecule has 0 aliphatic rings. The number of nitro benzene ring substituents is 1. The van der Waals surface area contributed by atoms with Crippen molar-refractivity contribution in [2.75, 3.05) is 25.5 Å². The van der Waals surface area contributed by atoms with Crippen LogP contribution in [0.2, 0.25) is 0 Å². The van der Waals surface area contributed by atoms with Crippen molar-refractivity contribution in [3.05, 3.63) is 28.3 Å². The van der Waals surface area contributed by atoms with E-state index in [0.29, 0.717) is 13.1 Å². The molecule has 0 unspecified atom stereocenters. The van der Waals surface area contributed by atoms with E-state index in [4.69, 9.17) is 4.74 Å². The molecule has 0 bridgehead atoms. The van der Waals surface area contributed by atoms with Crippen LogP contribution in [0.1, 0.15) is 33.1 Å².